The molecule has 0 spiro atoms. The molecule has 0 atom stereocenters. The average molecular weight is 278 g/mol. The highest BCUT2D eigenvalue weighted by Crippen LogP contribution is 2.19. The zero-order valence-electron chi connectivity index (χ0n) is 11.7. The Balaban J connectivity index is 2.59. The van der Waals surface area contributed by atoms with Crippen molar-refractivity contribution in [1.29, 1.82) is 0 Å². The lowest BCUT2D eigenvalue weighted by atomic mass is 10.2. The van der Waals surface area contributed by atoms with Crippen LogP contribution in [0.4, 0.5) is 11.4 Å². The minimum Gasteiger partial charge on any atom is -0.460 e. The van der Waals surface area contributed by atoms with Crippen LogP contribution in [0, 0.1) is 10.1 Å². The lowest BCUT2D eigenvalue weighted by molar-refractivity contribution is -0.384. The molecule has 0 saturated carbocycles. The van der Waals surface area contributed by atoms with Gasteiger partial charge in [-0.3, -0.25) is 10.1 Å². The monoisotopic (exact) mass is 278 g/mol. The number of benzene rings is 1. The number of carbonyl (C=O) groups excluding carboxylic acids is 1. The van der Waals surface area contributed by atoms with Crippen LogP contribution in [-0.4, -0.2) is 30.6 Å². The van der Waals surface area contributed by atoms with Crippen LogP contribution in [-0.2, 0) is 9.53 Å². The highest BCUT2D eigenvalue weighted by atomic mass is 16.6. The van der Waals surface area contributed by atoms with Gasteiger partial charge in [0.1, 0.15) is 6.61 Å². The van der Waals surface area contributed by atoms with Crippen LogP contribution in [0.1, 0.15) is 13.8 Å². The summed E-state index contributed by atoms with van der Waals surface area (Å²) in [5.41, 5.74) is 1.27. The van der Waals surface area contributed by atoms with Gasteiger partial charge in [0.2, 0.25) is 0 Å². The largest absolute Gasteiger partial charge is 0.460 e. The quantitative estimate of drug-likeness (QED) is 0.332. The van der Waals surface area contributed by atoms with Crippen molar-refractivity contribution in [3.05, 3.63) is 46.5 Å². The maximum Gasteiger partial charge on any atom is 0.333 e. The van der Waals surface area contributed by atoms with Crippen molar-refractivity contribution in [2.45, 2.75) is 13.8 Å². The molecule has 0 aliphatic heterocycles. The van der Waals surface area contributed by atoms with Crippen molar-refractivity contribution in [1.82, 2.24) is 0 Å². The van der Waals surface area contributed by atoms with Crippen LogP contribution < -0.4 is 4.90 Å². The summed E-state index contributed by atoms with van der Waals surface area (Å²) < 4.78 is 5.03. The summed E-state index contributed by atoms with van der Waals surface area (Å²) in [7, 11) is 0. The standard InChI is InChI=1S/C14H18N2O4/c1-4-15(9-10-20-14(17)11(2)3)12-5-7-13(8-6-12)16(18)19/h5-8H,2,4,9-10H2,1,3H3. The molecule has 0 unspecified atom stereocenters. The fraction of sp³-hybridized carbons (Fsp3) is 0.357. The number of hydrogen-bond acceptors (Lipinski definition) is 5. The van der Waals surface area contributed by atoms with Crippen LogP contribution in [0.3, 0.4) is 0 Å². The number of nitro benzene ring substituents is 1. The highest BCUT2D eigenvalue weighted by Gasteiger charge is 2.09. The summed E-state index contributed by atoms with van der Waals surface area (Å²) in [6, 6.07) is 6.28. The van der Waals surface area contributed by atoms with Crippen molar-refractivity contribution >= 4 is 17.3 Å². The summed E-state index contributed by atoms with van der Waals surface area (Å²) in [5.74, 6) is -0.412. The van der Waals surface area contributed by atoms with Gasteiger partial charge in [-0.15, -0.1) is 0 Å². The number of likely N-dealkylation sites (N-methyl/N-ethyl adjacent to an activating group) is 1. The molecule has 0 heterocycles. The highest BCUT2D eigenvalue weighted by molar-refractivity contribution is 5.86. The zero-order chi connectivity index (χ0) is 15.1. The molecule has 0 aromatic heterocycles. The van der Waals surface area contributed by atoms with Crippen LogP contribution in [0.5, 0.6) is 0 Å². The van der Waals surface area contributed by atoms with Crippen LogP contribution in [0.25, 0.3) is 0 Å². The van der Waals surface area contributed by atoms with Crippen LogP contribution in [0.2, 0.25) is 0 Å². The van der Waals surface area contributed by atoms with Gasteiger partial charge in [0.15, 0.2) is 0 Å². The van der Waals surface area contributed by atoms with Gasteiger partial charge in [-0.1, -0.05) is 6.58 Å². The van der Waals surface area contributed by atoms with E-state index in [2.05, 4.69) is 6.58 Å². The number of non-ortho nitro benzene ring substituents is 1. The van der Waals surface area contributed by atoms with E-state index in [4.69, 9.17) is 4.74 Å². The van der Waals surface area contributed by atoms with Gasteiger partial charge >= 0.3 is 5.97 Å². The molecular formula is C14H18N2O4. The second kappa shape index (κ2) is 7.28. The number of carbonyl (C=O) groups is 1. The van der Waals surface area contributed by atoms with Crippen molar-refractivity contribution in [3.8, 4) is 0 Å². The number of hydrogen-bond donors (Lipinski definition) is 0. The first kappa shape index (κ1) is 15.7. The molecule has 1 aromatic rings. The number of nitrogens with zero attached hydrogens (tertiary/aromatic N) is 2. The molecule has 0 bridgehead atoms. The number of ether oxygens (including phenoxy) is 1. The molecule has 0 aliphatic rings. The van der Waals surface area contributed by atoms with Gasteiger partial charge in [0.05, 0.1) is 11.5 Å². The third kappa shape index (κ3) is 4.38. The van der Waals surface area contributed by atoms with Crippen LogP contribution in [0.15, 0.2) is 36.4 Å². The normalized spacial score (nSPS) is 9.90. The maximum absolute atomic E-state index is 11.3. The van der Waals surface area contributed by atoms with Gasteiger partial charge in [-0.25, -0.2) is 4.79 Å². The Hall–Kier alpha value is -2.37. The van der Waals surface area contributed by atoms with Crippen LogP contribution >= 0.6 is 0 Å². The predicted molar refractivity (Wildman–Crippen MR) is 76.8 cm³/mol. The number of esters is 1. The summed E-state index contributed by atoms with van der Waals surface area (Å²) in [6.45, 7) is 8.54. The molecule has 6 heteroatoms. The van der Waals surface area contributed by atoms with Crippen molar-refractivity contribution in [2.75, 3.05) is 24.6 Å². The molecule has 108 valence electrons. The van der Waals surface area contributed by atoms with Gasteiger partial charge < -0.3 is 9.64 Å². The molecule has 0 amide bonds. The first-order valence-electron chi connectivity index (χ1n) is 6.27. The zero-order valence-corrected chi connectivity index (χ0v) is 11.7. The SMILES string of the molecule is C=C(C)C(=O)OCCN(CC)c1ccc([N+](=O)[O-])cc1. The van der Waals surface area contributed by atoms with E-state index in [9.17, 15) is 14.9 Å². The lowest BCUT2D eigenvalue weighted by Gasteiger charge is -2.22. The Morgan fingerprint density at radius 1 is 1.40 bits per heavy atom. The van der Waals surface area contributed by atoms with Crippen molar-refractivity contribution < 1.29 is 14.5 Å². The molecular weight excluding hydrogens is 260 g/mol. The fourth-order valence-electron chi connectivity index (χ4n) is 1.63. The van der Waals surface area contributed by atoms with Crippen molar-refractivity contribution in [2.24, 2.45) is 0 Å². The van der Waals surface area contributed by atoms with Crippen molar-refractivity contribution in [3.63, 3.8) is 0 Å². The third-order valence-electron chi connectivity index (χ3n) is 2.75. The predicted octanol–water partition coefficient (Wildman–Crippen LogP) is 2.54. The molecule has 0 N–H and O–H groups in total. The molecule has 1 aromatic carbocycles. The minimum absolute atomic E-state index is 0.0542. The lowest BCUT2D eigenvalue weighted by Crippen LogP contribution is -2.28. The minimum atomic E-state index is -0.436. The van der Waals surface area contributed by atoms with E-state index in [-0.39, 0.29) is 12.3 Å². The summed E-state index contributed by atoms with van der Waals surface area (Å²) in [5, 5.41) is 10.6. The molecule has 6 nitrogen and oxygen atoms in total. The Bertz CT molecular complexity index is 496. The summed E-state index contributed by atoms with van der Waals surface area (Å²) >= 11 is 0. The molecule has 1 rings (SSSR count). The summed E-state index contributed by atoms with van der Waals surface area (Å²) in [4.78, 5) is 23.4. The van der Waals surface area contributed by atoms with E-state index in [0.29, 0.717) is 18.7 Å². The Morgan fingerprint density at radius 2 is 2.00 bits per heavy atom. The van der Waals surface area contributed by atoms with E-state index in [0.717, 1.165) is 5.69 Å². The number of nitro groups is 1. The fourth-order valence-corrected chi connectivity index (χ4v) is 1.63. The Kier molecular flexibility index (Phi) is 5.71. The van der Waals surface area contributed by atoms with Gasteiger partial charge in [0.25, 0.3) is 5.69 Å². The van der Waals surface area contributed by atoms with E-state index in [1.165, 1.54) is 12.1 Å². The maximum atomic E-state index is 11.3. The van der Waals surface area contributed by atoms with E-state index in [1.807, 2.05) is 11.8 Å². The van der Waals surface area contributed by atoms with Gasteiger partial charge in [0, 0.05) is 29.9 Å². The summed E-state index contributed by atoms with van der Waals surface area (Å²) in [6.07, 6.45) is 0. The Morgan fingerprint density at radius 3 is 2.45 bits per heavy atom. The first-order chi connectivity index (χ1) is 9.45. The smallest absolute Gasteiger partial charge is 0.333 e. The van der Waals surface area contributed by atoms with E-state index in [1.54, 1.807) is 19.1 Å². The molecule has 0 radical (unpaired) electrons. The topological polar surface area (TPSA) is 72.7 Å². The van der Waals surface area contributed by atoms with Gasteiger partial charge in [-0.2, -0.15) is 0 Å². The van der Waals surface area contributed by atoms with Gasteiger partial charge in [-0.05, 0) is 26.0 Å². The number of anilines is 1. The molecule has 0 fully saturated rings. The first-order valence-corrected chi connectivity index (χ1v) is 6.27. The average Bonchev–Trinajstić information content (AvgIpc) is 2.43. The van der Waals surface area contributed by atoms with E-state index >= 15 is 0 Å². The number of rotatable bonds is 7. The third-order valence-corrected chi connectivity index (χ3v) is 2.75. The van der Waals surface area contributed by atoms with E-state index < -0.39 is 10.9 Å². The second-order valence-electron chi connectivity index (χ2n) is 4.27. The Labute approximate surface area is 117 Å². The molecule has 20 heavy (non-hydrogen) atoms. The molecule has 0 saturated heterocycles. The second-order valence-corrected chi connectivity index (χ2v) is 4.27. The molecule has 0 aliphatic carbocycles.